The van der Waals surface area contributed by atoms with Crippen LogP contribution in [-0.4, -0.2) is 26.2 Å². The first-order valence-electron chi connectivity index (χ1n) is 6.72. The summed E-state index contributed by atoms with van der Waals surface area (Å²) in [6.07, 6.45) is 0. The zero-order valence-corrected chi connectivity index (χ0v) is 13.5. The third-order valence-corrected chi connectivity index (χ3v) is 3.83. The summed E-state index contributed by atoms with van der Waals surface area (Å²) >= 11 is 3.37. The first kappa shape index (κ1) is 14.7. The molecule has 1 heterocycles. The molecule has 0 aliphatic carbocycles. The summed E-state index contributed by atoms with van der Waals surface area (Å²) in [5.41, 5.74) is 1.18. The van der Waals surface area contributed by atoms with Gasteiger partial charge < -0.3 is 19.5 Å². The Balaban J connectivity index is 1.78. The van der Waals surface area contributed by atoms with E-state index in [1.54, 1.807) is 43.5 Å². The number of methoxy groups -OCH3 is 1. The number of carbonyl (C=O) groups is 1. The van der Waals surface area contributed by atoms with E-state index in [0.717, 1.165) is 4.47 Å². The van der Waals surface area contributed by atoms with Gasteiger partial charge in [-0.05, 0) is 46.3 Å². The molecule has 114 valence electrons. The molecular weight excluding hydrogens is 350 g/mol. The first-order chi connectivity index (χ1) is 10.7. The molecule has 5 nitrogen and oxygen atoms in total. The predicted octanol–water partition coefficient (Wildman–Crippen LogP) is 3.48. The summed E-state index contributed by atoms with van der Waals surface area (Å²) in [4.78, 5) is 12.3. The lowest BCUT2D eigenvalue weighted by Gasteiger charge is -2.19. The summed E-state index contributed by atoms with van der Waals surface area (Å²) in [5, 5.41) is 2.84. The zero-order valence-electron chi connectivity index (χ0n) is 11.9. The van der Waals surface area contributed by atoms with E-state index < -0.39 is 0 Å². The molecule has 0 spiro atoms. The minimum absolute atomic E-state index is 0.208. The van der Waals surface area contributed by atoms with E-state index in [4.69, 9.17) is 14.2 Å². The summed E-state index contributed by atoms with van der Waals surface area (Å²) in [5.74, 6) is 1.80. The molecule has 0 unspecified atom stereocenters. The Bertz CT molecular complexity index is 717. The highest BCUT2D eigenvalue weighted by Gasteiger charge is 2.14. The molecule has 1 aliphatic rings. The number of halogens is 1. The highest BCUT2D eigenvalue weighted by atomic mass is 79.9. The number of benzene rings is 2. The third-order valence-electron chi connectivity index (χ3n) is 3.21. The van der Waals surface area contributed by atoms with E-state index in [1.165, 1.54) is 0 Å². The zero-order chi connectivity index (χ0) is 15.5. The fraction of sp³-hybridized carbons (Fsp3) is 0.188. The number of ether oxygens (including phenoxy) is 3. The quantitative estimate of drug-likeness (QED) is 0.906. The number of fused-ring (bicyclic) bond motifs is 1. The highest BCUT2D eigenvalue weighted by molar-refractivity contribution is 9.10. The van der Waals surface area contributed by atoms with Crippen molar-refractivity contribution >= 4 is 27.5 Å². The second-order valence-corrected chi connectivity index (χ2v) is 5.52. The third kappa shape index (κ3) is 3.01. The Morgan fingerprint density at radius 1 is 1.14 bits per heavy atom. The molecule has 22 heavy (non-hydrogen) atoms. The van der Waals surface area contributed by atoms with Crippen molar-refractivity contribution in [2.24, 2.45) is 0 Å². The van der Waals surface area contributed by atoms with Gasteiger partial charge in [0.25, 0.3) is 5.91 Å². The van der Waals surface area contributed by atoms with Crippen LogP contribution in [0, 0.1) is 0 Å². The second kappa shape index (κ2) is 6.27. The Morgan fingerprint density at radius 2 is 1.91 bits per heavy atom. The van der Waals surface area contributed by atoms with Gasteiger partial charge in [0.1, 0.15) is 19.0 Å². The highest BCUT2D eigenvalue weighted by Crippen LogP contribution is 2.33. The molecule has 0 bridgehead atoms. The molecule has 0 fully saturated rings. The van der Waals surface area contributed by atoms with Gasteiger partial charge in [-0.1, -0.05) is 0 Å². The van der Waals surface area contributed by atoms with Crippen molar-refractivity contribution in [1.29, 1.82) is 0 Å². The number of rotatable bonds is 3. The normalized spacial score (nSPS) is 12.6. The number of nitrogens with one attached hydrogen (secondary N) is 1. The number of hydrogen-bond acceptors (Lipinski definition) is 4. The molecule has 1 amide bonds. The predicted molar refractivity (Wildman–Crippen MR) is 86.1 cm³/mol. The molecule has 0 saturated heterocycles. The molecule has 1 N–H and O–H groups in total. The Labute approximate surface area is 136 Å². The Kier molecular flexibility index (Phi) is 4.20. The lowest BCUT2D eigenvalue weighted by atomic mass is 10.2. The smallest absolute Gasteiger partial charge is 0.255 e. The van der Waals surface area contributed by atoms with Crippen molar-refractivity contribution in [2.75, 3.05) is 25.6 Å². The first-order valence-corrected chi connectivity index (χ1v) is 7.51. The topological polar surface area (TPSA) is 56.8 Å². The number of carbonyl (C=O) groups excluding carboxylic acids is 1. The number of anilines is 1. The lowest BCUT2D eigenvalue weighted by Crippen LogP contribution is -2.16. The SMILES string of the molecule is COc1ccc(C(=O)Nc2ccc3c(c2)OCCO3)cc1Br. The van der Waals surface area contributed by atoms with Gasteiger partial charge in [0, 0.05) is 17.3 Å². The summed E-state index contributed by atoms with van der Waals surface area (Å²) in [7, 11) is 1.58. The van der Waals surface area contributed by atoms with Crippen molar-refractivity contribution in [3.8, 4) is 17.2 Å². The second-order valence-electron chi connectivity index (χ2n) is 4.66. The van der Waals surface area contributed by atoms with Crippen molar-refractivity contribution in [3.05, 3.63) is 46.4 Å². The molecular formula is C16H14BrNO4. The van der Waals surface area contributed by atoms with Crippen LogP contribution in [0.5, 0.6) is 17.2 Å². The molecule has 2 aromatic rings. The van der Waals surface area contributed by atoms with Crippen LogP contribution >= 0.6 is 15.9 Å². The van der Waals surface area contributed by atoms with Crippen LogP contribution in [0.1, 0.15) is 10.4 Å². The average molecular weight is 364 g/mol. The van der Waals surface area contributed by atoms with Crippen LogP contribution in [0.3, 0.4) is 0 Å². The van der Waals surface area contributed by atoms with E-state index in [2.05, 4.69) is 21.2 Å². The standard InChI is InChI=1S/C16H14BrNO4/c1-20-13-4-2-10(8-12(13)17)16(19)18-11-3-5-14-15(9-11)22-7-6-21-14/h2-5,8-9H,6-7H2,1H3,(H,18,19). The fourth-order valence-electron chi connectivity index (χ4n) is 2.13. The molecule has 0 saturated carbocycles. The van der Waals surface area contributed by atoms with Crippen LogP contribution in [0.25, 0.3) is 0 Å². The number of amides is 1. The van der Waals surface area contributed by atoms with Crippen molar-refractivity contribution < 1.29 is 19.0 Å². The van der Waals surface area contributed by atoms with E-state index >= 15 is 0 Å². The lowest BCUT2D eigenvalue weighted by molar-refractivity contribution is 0.102. The fourth-order valence-corrected chi connectivity index (χ4v) is 2.67. The summed E-state index contributed by atoms with van der Waals surface area (Å²) in [6, 6.07) is 10.5. The molecule has 6 heteroatoms. The average Bonchev–Trinajstić information content (AvgIpc) is 2.54. The van der Waals surface area contributed by atoms with Gasteiger partial charge in [-0.25, -0.2) is 0 Å². The van der Waals surface area contributed by atoms with Gasteiger partial charge in [0.05, 0.1) is 11.6 Å². The maximum absolute atomic E-state index is 12.3. The summed E-state index contributed by atoms with van der Waals surface area (Å²) in [6.45, 7) is 1.05. The van der Waals surface area contributed by atoms with Crippen molar-refractivity contribution in [1.82, 2.24) is 0 Å². The Morgan fingerprint density at radius 3 is 2.64 bits per heavy atom. The number of hydrogen-bond donors (Lipinski definition) is 1. The largest absolute Gasteiger partial charge is 0.496 e. The molecule has 3 rings (SSSR count). The van der Waals surface area contributed by atoms with Gasteiger partial charge in [-0.2, -0.15) is 0 Å². The monoisotopic (exact) mass is 363 g/mol. The van der Waals surface area contributed by atoms with Crippen molar-refractivity contribution in [3.63, 3.8) is 0 Å². The van der Waals surface area contributed by atoms with Gasteiger partial charge in [0.2, 0.25) is 0 Å². The molecule has 2 aromatic carbocycles. The van der Waals surface area contributed by atoms with Crippen molar-refractivity contribution in [2.45, 2.75) is 0 Å². The summed E-state index contributed by atoms with van der Waals surface area (Å²) < 4.78 is 16.8. The minimum atomic E-state index is -0.208. The van der Waals surface area contributed by atoms with Gasteiger partial charge >= 0.3 is 0 Å². The van der Waals surface area contributed by atoms with Crippen LogP contribution < -0.4 is 19.5 Å². The van der Waals surface area contributed by atoms with E-state index in [0.29, 0.717) is 41.7 Å². The molecule has 0 radical (unpaired) electrons. The van der Waals surface area contributed by atoms with Gasteiger partial charge in [-0.3, -0.25) is 4.79 Å². The van der Waals surface area contributed by atoms with Crippen LogP contribution in [0.4, 0.5) is 5.69 Å². The molecule has 0 atom stereocenters. The molecule has 1 aliphatic heterocycles. The van der Waals surface area contributed by atoms with Gasteiger partial charge in [-0.15, -0.1) is 0 Å². The van der Waals surface area contributed by atoms with E-state index in [-0.39, 0.29) is 5.91 Å². The van der Waals surface area contributed by atoms with Crippen LogP contribution in [-0.2, 0) is 0 Å². The Hall–Kier alpha value is -2.21. The van der Waals surface area contributed by atoms with Crippen LogP contribution in [0.2, 0.25) is 0 Å². The van der Waals surface area contributed by atoms with Crippen LogP contribution in [0.15, 0.2) is 40.9 Å². The maximum atomic E-state index is 12.3. The van der Waals surface area contributed by atoms with Gasteiger partial charge in [0.15, 0.2) is 11.5 Å². The molecule has 0 aromatic heterocycles. The van der Waals surface area contributed by atoms with E-state index in [9.17, 15) is 4.79 Å². The minimum Gasteiger partial charge on any atom is -0.496 e. The maximum Gasteiger partial charge on any atom is 0.255 e. The van der Waals surface area contributed by atoms with E-state index in [1.807, 2.05) is 0 Å².